The number of nitrogens with one attached hydrogen (secondary N) is 1. The number of hydrogen-bond acceptors (Lipinski definition) is 3. The number of halogens is 3. The fraction of sp³-hybridized carbons (Fsp3) is 0.250. The zero-order valence-electron chi connectivity index (χ0n) is 14.8. The van der Waals surface area contributed by atoms with Crippen molar-refractivity contribution in [2.75, 3.05) is 5.32 Å². The number of amides is 1. The minimum absolute atomic E-state index is 0.0361. The molecule has 28 heavy (non-hydrogen) atoms. The number of alkyl halides is 2. The van der Waals surface area contributed by atoms with Crippen molar-refractivity contribution in [1.82, 2.24) is 14.8 Å². The van der Waals surface area contributed by atoms with Crippen molar-refractivity contribution in [1.29, 1.82) is 0 Å². The molecule has 0 unspecified atom stereocenters. The number of hydrogen-bond donors (Lipinski definition) is 1. The Labute approximate surface area is 159 Å². The van der Waals surface area contributed by atoms with Crippen molar-refractivity contribution in [3.63, 3.8) is 0 Å². The van der Waals surface area contributed by atoms with Gasteiger partial charge in [-0.3, -0.25) is 9.48 Å². The summed E-state index contributed by atoms with van der Waals surface area (Å²) < 4.78 is 40.1. The van der Waals surface area contributed by atoms with Gasteiger partial charge in [0.2, 0.25) is 5.91 Å². The molecule has 1 fully saturated rings. The quantitative estimate of drug-likeness (QED) is 0.685. The summed E-state index contributed by atoms with van der Waals surface area (Å²) in [6.07, 6.45) is 2.25. The lowest BCUT2D eigenvalue weighted by atomic mass is 10.0. The van der Waals surface area contributed by atoms with Gasteiger partial charge in [-0.05, 0) is 54.8 Å². The second-order valence-electron chi connectivity index (χ2n) is 6.70. The van der Waals surface area contributed by atoms with Crippen LogP contribution >= 0.6 is 0 Å². The van der Waals surface area contributed by atoms with Crippen LogP contribution in [0.4, 0.5) is 19.0 Å². The van der Waals surface area contributed by atoms with Crippen LogP contribution in [0.25, 0.3) is 22.4 Å². The third-order valence-electron chi connectivity index (χ3n) is 4.47. The number of carbonyl (C=O) groups is 1. The van der Waals surface area contributed by atoms with Gasteiger partial charge >= 0.3 is 0 Å². The van der Waals surface area contributed by atoms with Crippen LogP contribution in [0.3, 0.4) is 0 Å². The van der Waals surface area contributed by atoms with Crippen LogP contribution in [0.5, 0.6) is 0 Å². The molecule has 4 rings (SSSR count). The number of rotatable bonds is 6. The van der Waals surface area contributed by atoms with Crippen LogP contribution in [0.15, 0.2) is 48.8 Å². The van der Waals surface area contributed by atoms with Gasteiger partial charge in [-0.2, -0.15) is 5.10 Å². The molecule has 0 bridgehead atoms. The molecule has 0 saturated heterocycles. The summed E-state index contributed by atoms with van der Waals surface area (Å²) in [7, 11) is 0. The van der Waals surface area contributed by atoms with E-state index in [0.717, 1.165) is 12.8 Å². The summed E-state index contributed by atoms with van der Waals surface area (Å²) in [6.45, 7) is -0.551. The van der Waals surface area contributed by atoms with Crippen molar-refractivity contribution < 1.29 is 18.0 Å². The van der Waals surface area contributed by atoms with Gasteiger partial charge < -0.3 is 5.32 Å². The maximum absolute atomic E-state index is 13.3. The van der Waals surface area contributed by atoms with Crippen LogP contribution in [-0.4, -0.2) is 27.1 Å². The number of pyridine rings is 1. The maximum atomic E-state index is 13.3. The molecule has 0 atom stereocenters. The summed E-state index contributed by atoms with van der Waals surface area (Å²) in [4.78, 5) is 16.1. The topological polar surface area (TPSA) is 59.8 Å². The van der Waals surface area contributed by atoms with Crippen molar-refractivity contribution >= 4 is 11.7 Å². The van der Waals surface area contributed by atoms with Crippen LogP contribution in [0.2, 0.25) is 0 Å². The molecule has 2 aromatic heterocycles. The molecule has 1 amide bonds. The van der Waals surface area contributed by atoms with E-state index in [0.29, 0.717) is 28.2 Å². The SMILES string of the molecule is O=C(Nc1cc(-c2cn(CC(F)F)nc2-c2ccc(F)cc2)ccn1)C1CC1. The molecule has 1 aliphatic carbocycles. The highest BCUT2D eigenvalue weighted by molar-refractivity contribution is 5.94. The highest BCUT2D eigenvalue weighted by Gasteiger charge is 2.29. The Kier molecular flexibility index (Phi) is 4.85. The van der Waals surface area contributed by atoms with E-state index in [1.54, 1.807) is 24.3 Å². The summed E-state index contributed by atoms with van der Waals surface area (Å²) >= 11 is 0. The normalized spacial score (nSPS) is 13.7. The van der Waals surface area contributed by atoms with Crippen LogP contribution in [0.1, 0.15) is 12.8 Å². The molecule has 1 aromatic carbocycles. The Hall–Kier alpha value is -3.16. The van der Waals surface area contributed by atoms with Gasteiger partial charge in [-0.25, -0.2) is 18.2 Å². The average molecular weight is 386 g/mol. The molecule has 8 heteroatoms. The monoisotopic (exact) mass is 386 g/mol. The number of nitrogens with zero attached hydrogens (tertiary/aromatic N) is 3. The first-order chi connectivity index (χ1) is 13.5. The van der Waals surface area contributed by atoms with E-state index in [-0.39, 0.29) is 11.8 Å². The number of aromatic nitrogens is 3. The van der Waals surface area contributed by atoms with E-state index >= 15 is 0 Å². The first-order valence-electron chi connectivity index (χ1n) is 8.88. The molecular formula is C20H17F3N4O. The molecular weight excluding hydrogens is 369 g/mol. The van der Waals surface area contributed by atoms with E-state index < -0.39 is 18.8 Å². The maximum Gasteiger partial charge on any atom is 0.257 e. The lowest BCUT2D eigenvalue weighted by Gasteiger charge is -2.07. The Morgan fingerprint density at radius 1 is 1.18 bits per heavy atom. The summed E-state index contributed by atoms with van der Waals surface area (Å²) in [5.41, 5.74) is 2.31. The van der Waals surface area contributed by atoms with Gasteiger partial charge in [0.1, 0.15) is 23.9 Å². The Balaban J connectivity index is 1.72. The highest BCUT2D eigenvalue weighted by atomic mass is 19.3. The summed E-state index contributed by atoms with van der Waals surface area (Å²) in [6, 6.07) is 9.06. The molecule has 5 nitrogen and oxygen atoms in total. The molecule has 2 heterocycles. The van der Waals surface area contributed by atoms with Gasteiger partial charge in [0.25, 0.3) is 6.43 Å². The molecule has 0 aliphatic heterocycles. The zero-order chi connectivity index (χ0) is 19.7. The largest absolute Gasteiger partial charge is 0.310 e. The van der Waals surface area contributed by atoms with Crippen LogP contribution in [0, 0.1) is 11.7 Å². The third kappa shape index (κ3) is 4.05. The standard InChI is InChI=1S/C20H17F3N4O/c21-15-5-3-12(4-6-15)19-16(10-27(26-19)11-17(22)23)14-7-8-24-18(9-14)25-20(28)13-1-2-13/h3-10,13,17H,1-2,11H2,(H,24,25,28). The fourth-order valence-electron chi connectivity index (χ4n) is 2.93. The number of carbonyl (C=O) groups excluding carboxylic acids is 1. The van der Waals surface area contributed by atoms with Gasteiger partial charge in [-0.15, -0.1) is 0 Å². The second kappa shape index (κ2) is 7.46. The van der Waals surface area contributed by atoms with E-state index in [2.05, 4.69) is 15.4 Å². The average Bonchev–Trinajstić information content (AvgIpc) is 3.43. The summed E-state index contributed by atoms with van der Waals surface area (Å²) in [5.74, 6) is -0.0433. The van der Waals surface area contributed by atoms with Crippen LogP contribution < -0.4 is 5.32 Å². The number of benzene rings is 1. The van der Waals surface area contributed by atoms with E-state index in [1.807, 2.05) is 0 Å². The minimum atomic E-state index is -2.56. The third-order valence-corrected chi connectivity index (χ3v) is 4.47. The van der Waals surface area contributed by atoms with E-state index in [1.165, 1.54) is 29.2 Å². The van der Waals surface area contributed by atoms with Crippen molar-refractivity contribution in [2.45, 2.75) is 25.8 Å². The zero-order valence-corrected chi connectivity index (χ0v) is 14.8. The lowest BCUT2D eigenvalue weighted by Crippen LogP contribution is -2.14. The highest BCUT2D eigenvalue weighted by Crippen LogP contribution is 2.33. The molecule has 3 aromatic rings. The molecule has 1 N–H and O–H groups in total. The minimum Gasteiger partial charge on any atom is -0.310 e. The Morgan fingerprint density at radius 3 is 2.61 bits per heavy atom. The second-order valence-corrected chi connectivity index (χ2v) is 6.70. The van der Waals surface area contributed by atoms with Crippen LogP contribution in [-0.2, 0) is 11.3 Å². The van der Waals surface area contributed by atoms with Crippen molar-refractivity contribution in [3.05, 3.63) is 54.6 Å². The Bertz CT molecular complexity index is 997. The Morgan fingerprint density at radius 2 is 1.93 bits per heavy atom. The van der Waals surface area contributed by atoms with Gasteiger partial charge in [0, 0.05) is 29.4 Å². The van der Waals surface area contributed by atoms with Crippen molar-refractivity contribution in [3.8, 4) is 22.4 Å². The van der Waals surface area contributed by atoms with Gasteiger partial charge in [0.15, 0.2) is 0 Å². The number of anilines is 1. The van der Waals surface area contributed by atoms with Crippen molar-refractivity contribution in [2.24, 2.45) is 5.92 Å². The molecule has 0 radical (unpaired) electrons. The molecule has 0 spiro atoms. The molecule has 1 aliphatic rings. The van der Waals surface area contributed by atoms with Gasteiger partial charge in [0.05, 0.1) is 0 Å². The smallest absolute Gasteiger partial charge is 0.257 e. The molecule has 144 valence electrons. The predicted octanol–water partition coefficient (Wildman–Crippen LogP) is 4.36. The summed E-state index contributed by atoms with van der Waals surface area (Å²) in [5, 5.41) is 7.03. The van der Waals surface area contributed by atoms with E-state index in [4.69, 9.17) is 0 Å². The first-order valence-corrected chi connectivity index (χ1v) is 8.88. The van der Waals surface area contributed by atoms with E-state index in [9.17, 15) is 18.0 Å². The lowest BCUT2D eigenvalue weighted by molar-refractivity contribution is -0.117. The molecule has 1 saturated carbocycles. The first kappa shape index (κ1) is 18.2. The fourth-order valence-corrected chi connectivity index (χ4v) is 2.93. The van der Waals surface area contributed by atoms with Gasteiger partial charge in [-0.1, -0.05) is 0 Å². The predicted molar refractivity (Wildman–Crippen MR) is 98.2 cm³/mol.